The lowest BCUT2D eigenvalue weighted by Crippen LogP contribution is -2.11. The molecule has 2 heterocycles. The molecule has 2 rings (SSSR count). The second kappa shape index (κ2) is 7.42. The summed E-state index contributed by atoms with van der Waals surface area (Å²) in [5.74, 6) is 3.88. The van der Waals surface area contributed by atoms with Gasteiger partial charge in [0, 0.05) is 24.1 Å². The summed E-state index contributed by atoms with van der Waals surface area (Å²) in [6, 6.07) is 4.14. The van der Waals surface area contributed by atoms with Crippen LogP contribution >= 0.6 is 0 Å². The van der Waals surface area contributed by atoms with Gasteiger partial charge in [-0.2, -0.15) is 0 Å². The fourth-order valence-corrected chi connectivity index (χ4v) is 1.95. The largest absolute Gasteiger partial charge is 0.466 e. The lowest BCUT2D eigenvalue weighted by Gasteiger charge is -2.05. The first-order valence-electron chi connectivity index (χ1n) is 7.45. The summed E-state index contributed by atoms with van der Waals surface area (Å²) in [5.41, 5.74) is 1.42. The Balaban J connectivity index is 0.000000200. The quantitative estimate of drug-likeness (QED) is 0.826. The number of hydrogen-bond donors (Lipinski definition) is 1. The maximum atomic E-state index is 5.61. The fraction of sp³-hybridized carbons (Fsp3) is 0.647. The molecule has 2 nitrogen and oxygen atoms in total. The van der Waals surface area contributed by atoms with Crippen molar-refractivity contribution in [1.29, 1.82) is 0 Å². The molecule has 0 saturated heterocycles. The summed E-state index contributed by atoms with van der Waals surface area (Å²) < 4.78 is 5.61. The molecule has 1 aromatic heterocycles. The van der Waals surface area contributed by atoms with Crippen molar-refractivity contribution in [3.05, 3.63) is 35.4 Å². The standard InChI is InChI=1S/C10H16O.C7H13N/c1-7(2)9-5-6-10(11-9)8(3)4;1-6(2)7-4-3-5-8-7/h5-8H,1-4H3;4,6,8H,3,5H2,1-2H3. The average molecular weight is 263 g/mol. The molecule has 0 amide bonds. The molecule has 108 valence electrons. The molecule has 0 aromatic carbocycles. The van der Waals surface area contributed by atoms with Crippen molar-refractivity contribution in [2.75, 3.05) is 6.54 Å². The molecule has 1 aromatic rings. The number of rotatable bonds is 3. The van der Waals surface area contributed by atoms with Crippen molar-refractivity contribution in [1.82, 2.24) is 5.32 Å². The first kappa shape index (κ1) is 15.9. The van der Waals surface area contributed by atoms with E-state index in [9.17, 15) is 0 Å². The Kier molecular flexibility index (Phi) is 6.20. The van der Waals surface area contributed by atoms with E-state index in [0.29, 0.717) is 17.8 Å². The third kappa shape index (κ3) is 5.14. The minimum atomic E-state index is 0.502. The molecule has 0 unspecified atom stereocenters. The second-order valence-electron chi connectivity index (χ2n) is 6.08. The third-order valence-electron chi connectivity index (χ3n) is 3.25. The van der Waals surface area contributed by atoms with E-state index in [1.165, 1.54) is 12.1 Å². The van der Waals surface area contributed by atoms with Gasteiger partial charge >= 0.3 is 0 Å². The van der Waals surface area contributed by atoms with Crippen molar-refractivity contribution < 1.29 is 4.42 Å². The summed E-state index contributed by atoms with van der Waals surface area (Å²) in [5, 5.41) is 3.32. The van der Waals surface area contributed by atoms with Crippen LogP contribution in [0, 0.1) is 5.92 Å². The molecule has 0 spiro atoms. The van der Waals surface area contributed by atoms with Gasteiger partial charge < -0.3 is 9.73 Å². The van der Waals surface area contributed by atoms with E-state index in [1.807, 2.05) is 0 Å². The van der Waals surface area contributed by atoms with Crippen LogP contribution in [0.3, 0.4) is 0 Å². The van der Waals surface area contributed by atoms with Crippen molar-refractivity contribution in [3.63, 3.8) is 0 Å². The zero-order valence-electron chi connectivity index (χ0n) is 13.3. The minimum Gasteiger partial charge on any atom is -0.466 e. The smallest absolute Gasteiger partial charge is 0.106 e. The van der Waals surface area contributed by atoms with Crippen molar-refractivity contribution in [3.8, 4) is 0 Å². The summed E-state index contributed by atoms with van der Waals surface area (Å²) in [7, 11) is 0. The van der Waals surface area contributed by atoms with Crippen molar-refractivity contribution in [2.45, 2.75) is 59.8 Å². The summed E-state index contributed by atoms with van der Waals surface area (Å²) in [6.45, 7) is 14.1. The molecule has 1 N–H and O–H groups in total. The lowest BCUT2D eigenvalue weighted by atomic mass is 10.1. The van der Waals surface area contributed by atoms with Crippen molar-refractivity contribution in [2.24, 2.45) is 5.92 Å². The Hall–Kier alpha value is -1.18. The van der Waals surface area contributed by atoms with E-state index in [1.54, 1.807) is 0 Å². The van der Waals surface area contributed by atoms with Crippen LogP contribution in [-0.2, 0) is 0 Å². The highest BCUT2D eigenvalue weighted by molar-refractivity contribution is 5.12. The molecule has 0 radical (unpaired) electrons. The average Bonchev–Trinajstić information content (AvgIpc) is 3.02. The molecule has 0 fully saturated rings. The summed E-state index contributed by atoms with van der Waals surface area (Å²) in [4.78, 5) is 0. The number of hydrogen-bond acceptors (Lipinski definition) is 2. The van der Waals surface area contributed by atoms with Crippen molar-refractivity contribution >= 4 is 0 Å². The predicted octanol–water partition coefficient (Wildman–Crippen LogP) is 5.05. The van der Waals surface area contributed by atoms with Gasteiger partial charge in [0.2, 0.25) is 0 Å². The van der Waals surface area contributed by atoms with Gasteiger partial charge in [0.15, 0.2) is 0 Å². The van der Waals surface area contributed by atoms with E-state index >= 15 is 0 Å². The van der Waals surface area contributed by atoms with E-state index in [-0.39, 0.29) is 0 Å². The van der Waals surface area contributed by atoms with Gasteiger partial charge in [-0.05, 0) is 24.5 Å². The Bertz CT molecular complexity index is 377. The Morgan fingerprint density at radius 1 is 0.895 bits per heavy atom. The Morgan fingerprint density at radius 2 is 1.42 bits per heavy atom. The summed E-state index contributed by atoms with van der Waals surface area (Å²) >= 11 is 0. The molecule has 0 aliphatic carbocycles. The predicted molar refractivity (Wildman–Crippen MR) is 82.4 cm³/mol. The van der Waals surface area contributed by atoms with Crippen LogP contribution in [0.4, 0.5) is 0 Å². The highest BCUT2D eigenvalue weighted by Gasteiger charge is 2.07. The van der Waals surface area contributed by atoms with Crippen LogP contribution in [0.2, 0.25) is 0 Å². The summed E-state index contributed by atoms with van der Waals surface area (Å²) in [6.07, 6.45) is 3.50. The van der Waals surface area contributed by atoms with Crippen LogP contribution in [0.1, 0.15) is 71.3 Å². The van der Waals surface area contributed by atoms with Gasteiger partial charge in [-0.15, -0.1) is 0 Å². The van der Waals surface area contributed by atoms with E-state index in [4.69, 9.17) is 4.42 Å². The second-order valence-corrected chi connectivity index (χ2v) is 6.08. The van der Waals surface area contributed by atoms with Crippen LogP contribution in [-0.4, -0.2) is 6.54 Å². The number of nitrogens with one attached hydrogen (secondary N) is 1. The molecule has 1 aliphatic heterocycles. The van der Waals surface area contributed by atoms with Gasteiger partial charge in [-0.1, -0.05) is 47.6 Å². The van der Waals surface area contributed by atoms with Crippen LogP contribution in [0.15, 0.2) is 28.3 Å². The van der Waals surface area contributed by atoms with Crippen LogP contribution in [0.25, 0.3) is 0 Å². The van der Waals surface area contributed by atoms with Crippen LogP contribution in [0.5, 0.6) is 0 Å². The maximum absolute atomic E-state index is 5.61. The maximum Gasteiger partial charge on any atom is 0.106 e. The highest BCUT2D eigenvalue weighted by atomic mass is 16.3. The lowest BCUT2D eigenvalue weighted by molar-refractivity contribution is 0.432. The van der Waals surface area contributed by atoms with Gasteiger partial charge in [0.05, 0.1) is 0 Å². The third-order valence-corrected chi connectivity index (χ3v) is 3.25. The molecule has 19 heavy (non-hydrogen) atoms. The molecular formula is C17H29NO. The van der Waals surface area contributed by atoms with Gasteiger partial charge in [0.25, 0.3) is 0 Å². The zero-order valence-corrected chi connectivity index (χ0v) is 13.3. The minimum absolute atomic E-state index is 0.502. The highest BCUT2D eigenvalue weighted by Crippen LogP contribution is 2.22. The van der Waals surface area contributed by atoms with Gasteiger partial charge in [-0.3, -0.25) is 0 Å². The first-order chi connectivity index (χ1) is 8.91. The Labute approximate surface area is 118 Å². The molecule has 2 heteroatoms. The monoisotopic (exact) mass is 263 g/mol. The first-order valence-corrected chi connectivity index (χ1v) is 7.45. The molecule has 0 saturated carbocycles. The Morgan fingerprint density at radius 3 is 1.63 bits per heavy atom. The topological polar surface area (TPSA) is 25.2 Å². The van der Waals surface area contributed by atoms with Gasteiger partial charge in [0.1, 0.15) is 11.5 Å². The fourth-order valence-electron chi connectivity index (χ4n) is 1.95. The van der Waals surface area contributed by atoms with E-state index in [0.717, 1.165) is 18.1 Å². The SMILES string of the molecule is CC(C)C1=CCCN1.CC(C)c1ccc(C(C)C)o1. The van der Waals surface area contributed by atoms with Gasteiger partial charge in [-0.25, -0.2) is 0 Å². The molecule has 0 bridgehead atoms. The molecule has 1 aliphatic rings. The van der Waals surface area contributed by atoms with E-state index < -0.39 is 0 Å². The normalized spacial score (nSPS) is 14.5. The van der Waals surface area contributed by atoms with Crippen LogP contribution < -0.4 is 5.32 Å². The zero-order chi connectivity index (χ0) is 14.4. The molecule has 0 atom stereocenters. The molecular weight excluding hydrogens is 234 g/mol. The number of furan rings is 1. The van der Waals surface area contributed by atoms with E-state index in [2.05, 4.69) is 65.1 Å². The number of allylic oxidation sites excluding steroid dienone is 1.